The number of ether oxygens (including phenoxy) is 3. The molecule has 12 aliphatic carbocycles. The molecule has 3 aliphatic heterocycles. The van der Waals surface area contributed by atoms with E-state index in [1.165, 1.54) is 186 Å². The number of rotatable bonds is 13. The molecule has 0 aromatic carbocycles. The molecule has 87 heavy (non-hydrogen) atoms. The molecule has 12 saturated carbocycles. The summed E-state index contributed by atoms with van der Waals surface area (Å²) in [5.41, 5.74) is 4.47. The van der Waals surface area contributed by atoms with Gasteiger partial charge in [-0.15, -0.1) is 0 Å². The number of nitrogens with one attached hydrogen (secondary N) is 1. The third-order valence-corrected chi connectivity index (χ3v) is 25.9. The Morgan fingerprint density at radius 2 is 0.805 bits per heavy atom. The van der Waals surface area contributed by atoms with Crippen molar-refractivity contribution >= 4 is 38.1 Å². The number of fused-ring (bicyclic) bond motifs is 15. The fraction of sp³-hybridized carbons (Fsp3) is 0.928. The molecule has 15 rings (SSSR count). The maximum absolute atomic E-state index is 12.8. The van der Waals surface area contributed by atoms with E-state index in [4.69, 9.17) is 28.4 Å². The molecule has 15 aliphatic rings. The minimum absolute atomic E-state index is 0.0943. The highest BCUT2D eigenvalue weighted by molar-refractivity contribution is 7.85. The van der Waals surface area contributed by atoms with Crippen LogP contribution in [0.25, 0.3) is 0 Å². The molecule has 18 heteroatoms. The van der Waals surface area contributed by atoms with Gasteiger partial charge in [0.25, 0.3) is 20.2 Å². The summed E-state index contributed by atoms with van der Waals surface area (Å²) in [5, 5.41) is 10.1. The lowest BCUT2D eigenvalue weighted by atomic mass is 9.73. The average molecular weight is 1260 g/mol. The molecule has 0 unspecified atom stereocenters. The fourth-order valence-electron chi connectivity index (χ4n) is 20.5. The van der Waals surface area contributed by atoms with Crippen molar-refractivity contribution in [1.29, 1.82) is 0 Å². The Kier molecular flexibility index (Phi) is 21.8. The first-order valence-electron chi connectivity index (χ1n) is 34.9. The lowest BCUT2D eigenvalue weighted by Gasteiger charge is -2.33. The zero-order valence-electron chi connectivity index (χ0n) is 55.2. The van der Waals surface area contributed by atoms with E-state index in [9.17, 15) is 31.2 Å². The molecule has 16 nitrogen and oxygen atoms in total. The van der Waals surface area contributed by atoms with Crippen molar-refractivity contribution in [2.24, 2.45) is 97.6 Å². The van der Waals surface area contributed by atoms with Crippen molar-refractivity contribution in [3.05, 3.63) is 12.2 Å². The number of unbranched alkanes of at least 4 members (excludes halogenated alkanes) is 3. The van der Waals surface area contributed by atoms with Crippen LogP contribution in [0, 0.1) is 97.6 Å². The van der Waals surface area contributed by atoms with E-state index < -0.39 is 20.2 Å². The first kappa shape index (κ1) is 69.2. The van der Waals surface area contributed by atoms with Crippen LogP contribution in [0.4, 0.5) is 0 Å². The Morgan fingerprint density at radius 1 is 0.494 bits per heavy atom. The second kappa shape index (κ2) is 27.4. The third-order valence-electron chi connectivity index (χ3n) is 25.9. The Bertz CT molecular complexity index is 2480. The van der Waals surface area contributed by atoms with Gasteiger partial charge >= 0.3 is 17.9 Å². The van der Waals surface area contributed by atoms with Crippen LogP contribution >= 0.6 is 0 Å². The van der Waals surface area contributed by atoms with Crippen molar-refractivity contribution in [3.63, 3.8) is 0 Å². The average Bonchev–Trinajstić information content (AvgIpc) is 1.55. The SMILES string of the molecule is C=C1C(=O)O[C@@H]2[C@@H]3[C@@H](CCC34CC4)C3(CC[C@@H]12)CC3.CCCCN(C)C[C@@H]1C(=O)O[C@H]2[C@H]1CCC1(CC1)[C@@H]1CCC3(CC3)[C@H]21.CCCCN(C)C[C@@H]1C(=O)O[C@H]2[C@H]1CCC1(CC1)[C@@H]1CCC3(CC3)[C@H]21.CCCCNC.CO.CS(=O)(=O)O.CS(=O)(=O)O. The van der Waals surface area contributed by atoms with Crippen LogP contribution in [0.15, 0.2) is 12.2 Å². The largest absolute Gasteiger partial charge is 0.461 e. The van der Waals surface area contributed by atoms with Crippen molar-refractivity contribution in [3.8, 4) is 0 Å². The van der Waals surface area contributed by atoms with Crippen LogP contribution < -0.4 is 5.32 Å². The highest BCUT2D eigenvalue weighted by atomic mass is 32.2. The van der Waals surface area contributed by atoms with Crippen molar-refractivity contribution in [1.82, 2.24) is 15.1 Å². The minimum atomic E-state index is -3.67. The number of hydrogen-bond donors (Lipinski definition) is 4. The van der Waals surface area contributed by atoms with Gasteiger partial charge in [0.05, 0.1) is 24.3 Å². The van der Waals surface area contributed by atoms with Gasteiger partial charge in [0.1, 0.15) is 18.3 Å². The zero-order valence-corrected chi connectivity index (χ0v) is 56.8. The lowest BCUT2D eigenvalue weighted by molar-refractivity contribution is -0.148. The summed E-state index contributed by atoms with van der Waals surface area (Å²) in [5.74, 6) is 6.46. The molecular formula is C69H117N3O13S2. The molecule has 3 saturated heterocycles. The fourth-order valence-corrected chi connectivity index (χ4v) is 20.5. The molecule has 498 valence electrons. The lowest BCUT2D eigenvalue weighted by Crippen LogP contribution is -2.37. The monoisotopic (exact) mass is 1260 g/mol. The van der Waals surface area contributed by atoms with Crippen LogP contribution in [0.1, 0.15) is 213 Å². The van der Waals surface area contributed by atoms with Gasteiger partial charge in [-0.3, -0.25) is 18.7 Å². The predicted molar refractivity (Wildman–Crippen MR) is 339 cm³/mol. The third kappa shape index (κ3) is 15.4. The highest BCUT2D eigenvalue weighted by Crippen LogP contribution is 2.78. The molecule has 0 aromatic rings. The minimum Gasteiger partial charge on any atom is -0.461 e. The highest BCUT2D eigenvalue weighted by Gasteiger charge is 2.72. The molecule has 3 heterocycles. The first-order valence-corrected chi connectivity index (χ1v) is 38.6. The number of hydrogen-bond acceptors (Lipinski definition) is 14. The normalized spacial score (nSPS) is 36.8. The van der Waals surface area contributed by atoms with E-state index in [0.717, 1.165) is 69.6 Å². The van der Waals surface area contributed by atoms with E-state index >= 15 is 0 Å². The van der Waals surface area contributed by atoms with E-state index in [0.29, 0.717) is 80.5 Å². The Morgan fingerprint density at radius 3 is 1.10 bits per heavy atom. The van der Waals surface area contributed by atoms with E-state index in [-0.39, 0.29) is 48.1 Å². The molecule has 0 amide bonds. The van der Waals surface area contributed by atoms with Gasteiger partial charge < -0.3 is 34.4 Å². The molecule has 4 N–H and O–H groups in total. The van der Waals surface area contributed by atoms with E-state index in [1.807, 2.05) is 7.05 Å². The van der Waals surface area contributed by atoms with Gasteiger partial charge in [-0.1, -0.05) is 46.6 Å². The number of aliphatic hydroxyl groups is 1. The number of esters is 3. The maximum Gasteiger partial charge on any atom is 0.334 e. The summed E-state index contributed by atoms with van der Waals surface area (Å²) in [6, 6.07) is 0. The number of carbonyl (C=O) groups is 3. The van der Waals surface area contributed by atoms with E-state index in [2.05, 4.69) is 56.6 Å². The Labute approximate surface area is 525 Å². The van der Waals surface area contributed by atoms with Gasteiger partial charge in [-0.25, -0.2) is 4.79 Å². The van der Waals surface area contributed by atoms with Crippen LogP contribution in [-0.4, -0.2) is 151 Å². The Balaban J connectivity index is 0.000000137. The second-order valence-electron chi connectivity index (χ2n) is 31.3. The summed E-state index contributed by atoms with van der Waals surface area (Å²) in [6.45, 7) is 15.9. The Hall–Kier alpha value is -2.19. The summed E-state index contributed by atoms with van der Waals surface area (Å²) >= 11 is 0. The molecule has 6 spiro atoms. The van der Waals surface area contributed by atoms with Crippen LogP contribution in [0.2, 0.25) is 0 Å². The second-order valence-corrected chi connectivity index (χ2v) is 34.2. The van der Waals surface area contributed by atoms with Crippen LogP contribution in [-0.2, 0) is 48.8 Å². The molecular weight excluding hydrogens is 1140 g/mol. The summed E-state index contributed by atoms with van der Waals surface area (Å²) in [6.07, 6.45) is 42.9. The van der Waals surface area contributed by atoms with Gasteiger partial charge in [0, 0.05) is 61.3 Å². The van der Waals surface area contributed by atoms with Crippen molar-refractivity contribution in [2.45, 2.75) is 232 Å². The molecule has 14 atom stereocenters. The standard InChI is InChI=1S/2C22H35NO2.C17H22O2.C5H13N.2CH4O3S.CH4O/c2*1-3-4-13-23(2)14-16-15-5-7-21(9-10-21)17-6-8-22(11-12-22)18(17)19(15)25-20(16)24;1-10-11-2-4-16(6-7-16)12-3-5-17(8-9-17)13(12)14(11)19-15(10)18;1-3-4-5-6-2;2*1-5(2,3)4;1-2/h2*15-19H,3-14H2,1-2H3;11-14H,1-9H2;6H,3-5H2,1-2H3;2*1H3,(H,2,3,4);2H,1H3/t2*15-,16-,17+,18-,19-;11-,12+,13-,14-;;;;/m000..../s1. The van der Waals surface area contributed by atoms with Gasteiger partial charge in [-0.2, -0.15) is 16.8 Å². The summed E-state index contributed by atoms with van der Waals surface area (Å²) in [4.78, 5) is 42.3. The first-order chi connectivity index (χ1) is 41.2. The quantitative estimate of drug-likeness (QED) is 0.0442. The predicted octanol–water partition coefficient (Wildman–Crippen LogP) is 11.6. The van der Waals surface area contributed by atoms with E-state index in [1.54, 1.807) is 0 Å². The van der Waals surface area contributed by atoms with Gasteiger partial charge in [0.15, 0.2) is 0 Å². The summed E-state index contributed by atoms with van der Waals surface area (Å²) in [7, 11) is 0.0296. The molecule has 15 fully saturated rings. The zero-order chi connectivity index (χ0) is 63.1. The summed E-state index contributed by atoms with van der Waals surface area (Å²) < 4.78 is 70.0. The maximum atomic E-state index is 12.8. The van der Waals surface area contributed by atoms with Gasteiger partial charge in [0.2, 0.25) is 0 Å². The van der Waals surface area contributed by atoms with Crippen LogP contribution in [0.3, 0.4) is 0 Å². The van der Waals surface area contributed by atoms with Crippen molar-refractivity contribution < 1.29 is 59.6 Å². The number of carbonyl (C=O) groups excluding carboxylic acids is 3. The molecule has 0 bridgehead atoms. The number of aliphatic hydroxyl groups excluding tert-OH is 1. The molecule has 0 radical (unpaired) electrons. The smallest absolute Gasteiger partial charge is 0.334 e. The molecule has 0 aromatic heterocycles. The van der Waals surface area contributed by atoms with Gasteiger partial charge in [-0.05, 0) is 264 Å². The van der Waals surface area contributed by atoms with Crippen LogP contribution in [0.5, 0.6) is 0 Å². The topological polar surface area (TPSA) is 226 Å². The van der Waals surface area contributed by atoms with Crippen molar-refractivity contribution in [2.75, 3.05) is 73.5 Å². The number of nitrogens with zero attached hydrogens (tertiary/aromatic N) is 2.